The van der Waals surface area contributed by atoms with Crippen LogP contribution in [0.15, 0.2) is 12.4 Å². The van der Waals surface area contributed by atoms with Gasteiger partial charge in [0.15, 0.2) is 0 Å². The summed E-state index contributed by atoms with van der Waals surface area (Å²) in [6.07, 6.45) is 3.87. The number of hydrogen-bond acceptors (Lipinski definition) is 6. The van der Waals surface area contributed by atoms with Crippen molar-refractivity contribution in [1.82, 2.24) is 24.9 Å². The molecule has 1 aliphatic carbocycles. The highest BCUT2D eigenvalue weighted by Gasteiger charge is 2.21. The summed E-state index contributed by atoms with van der Waals surface area (Å²) in [5.41, 5.74) is 0.735. The van der Waals surface area contributed by atoms with Gasteiger partial charge in [-0.15, -0.1) is 0 Å². The summed E-state index contributed by atoms with van der Waals surface area (Å²) in [4.78, 5) is 20.1. The number of carbonyl (C=O) groups excluding carboxylic acids is 1. The third kappa shape index (κ3) is 3.46. The van der Waals surface area contributed by atoms with Crippen molar-refractivity contribution < 1.29 is 9.53 Å². The summed E-state index contributed by atoms with van der Waals surface area (Å²) in [6, 6.07) is 1.80. The van der Waals surface area contributed by atoms with E-state index in [2.05, 4.69) is 25.7 Å². The fraction of sp³-hybridized carbons (Fsp3) is 0.538. The first kappa shape index (κ1) is 13.7. The van der Waals surface area contributed by atoms with Crippen LogP contribution in [-0.4, -0.2) is 45.7 Å². The highest BCUT2D eigenvalue weighted by Crippen LogP contribution is 2.27. The van der Waals surface area contributed by atoms with Crippen molar-refractivity contribution in [2.75, 3.05) is 25.5 Å². The number of carbonyl (C=O) groups is 1. The molecule has 1 saturated carbocycles. The maximum Gasteiger partial charge on any atom is 0.254 e. The van der Waals surface area contributed by atoms with Crippen LogP contribution in [0.4, 0.5) is 5.82 Å². The second-order valence-corrected chi connectivity index (χ2v) is 5.14. The molecule has 1 aliphatic rings. The third-order valence-electron chi connectivity index (χ3n) is 3.31. The summed E-state index contributed by atoms with van der Waals surface area (Å²) in [5.74, 6) is 1.79. The number of nitrogens with zero attached hydrogens (tertiary/aromatic N) is 4. The molecule has 0 saturated heterocycles. The minimum Gasteiger partial charge on any atom is -0.378 e. The lowest BCUT2D eigenvalue weighted by atomic mass is 10.4. The Labute approximate surface area is 121 Å². The van der Waals surface area contributed by atoms with Crippen molar-refractivity contribution in [1.29, 1.82) is 0 Å². The number of hydrogen-bond donors (Lipinski definition) is 2. The fourth-order valence-corrected chi connectivity index (χ4v) is 2.02. The van der Waals surface area contributed by atoms with Gasteiger partial charge in [0.05, 0.1) is 18.8 Å². The molecular weight excluding hydrogens is 272 g/mol. The first-order chi connectivity index (χ1) is 10.3. The lowest BCUT2D eigenvalue weighted by Gasteiger charge is -2.10. The molecule has 3 rings (SSSR count). The van der Waals surface area contributed by atoms with E-state index in [-0.39, 0.29) is 12.5 Å². The van der Waals surface area contributed by atoms with Gasteiger partial charge in [-0.05, 0) is 18.8 Å². The lowest BCUT2D eigenvalue weighted by molar-refractivity contribution is -0.119. The average Bonchev–Trinajstić information content (AvgIpc) is 3.19. The Morgan fingerprint density at radius 3 is 3.14 bits per heavy atom. The molecule has 2 N–H and O–H groups in total. The zero-order valence-electron chi connectivity index (χ0n) is 11.9. The van der Waals surface area contributed by atoms with Crippen molar-refractivity contribution in [3.8, 4) is 0 Å². The molecule has 0 unspecified atom stereocenters. The summed E-state index contributed by atoms with van der Waals surface area (Å²) in [7, 11) is 1.61. The van der Waals surface area contributed by atoms with Crippen LogP contribution in [-0.2, 0) is 16.1 Å². The van der Waals surface area contributed by atoms with Gasteiger partial charge in [-0.1, -0.05) is 0 Å². The topological polar surface area (TPSA) is 93.4 Å². The summed E-state index contributed by atoms with van der Waals surface area (Å²) < 4.78 is 6.64. The van der Waals surface area contributed by atoms with Crippen LogP contribution >= 0.6 is 0 Å². The zero-order valence-corrected chi connectivity index (χ0v) is 11.9. The predicted molar refractivity (Wildman–Crippen MR) is 75.7 cm³/mol. The van der Waals surface area contributed by atoms with E-state index in [0.717, 1.165) is 12.2 Å². The molecule has 2 heterocycles. The Morgan fingerprint density at radius 2 is 2.38 bits per heavy atom. The van der Waals surface area contributed by atoms with Crippen LogP contribution in [0.5, 0.6) is 0 Å². The number of nitrogens with one attached hydrogen (secondary N) is 2. The highest BCUT2D eigenvalue weighted by molar-refractivity contribution is 5.80. The van der Waals surface area contributed by atoms with Gasteiger partial charge in [0, 0.05) is 19.7 Å². The second kappa shape index (κ2) is 6.04. The number of rotatable bonds is 7. The van der Waals surface area contributed by atoms with Crippen molar-refractivity contribution in [2.24, 2.45) is 5.92 Å². The molecule has 8 nitrogen and oxygen atoms in total. The molecule has 2 aromatic rings. The van der Waals surface area contributed by atoms with E-state index in [1.54, 1.807) is 17.7 Å². The number of aromatic nitrogens is 4. The Balaban J connectivity index is 1.66. The highest BCUT2D eigenvalue weighted by atomic mass is 16.5. The van der Waals surface area contributed by atoms with Gasteiger partial charge in [0.25, 0.3) is 5.78 Å². The van der Waals surface area contributed by atoms with Crippen LogP contribution in [0.3, 0.4) is 0 Å². The predicted octanol–water partition coefficient (Wildman–Crippen LogP) is 0.209. The van der Waals surface area contributed by atoms with Gasteiger partial charge in [-0.2, -0.15) is 14.6 Å². The minimum absolute atomic E-state index is 0.0275. The zero-order chi connectivity index (χ0) is 14.7. The van der Waals surface area contributed by atoms with Crippen molar-refractivity contribution in [3.05, 3.63) is 18.1 Å². The Kier molecular flexibility index (Phi) is 3.96. The number of ether oxygens (including phenoxy) is 1. The first-order valence-corrected chi connectivity index (χ1v) is 6.95. The monoisotopic (exact) mass is 290 g/mol. The molecule has 8 heteroatoms. The van der Waals surface area contributed by atoms with Gasteiger partial charge in [0.2, 0.25) is 5.91 Å². The molecule has 0 aliphatic heterocycles. The Bertz CT molecular complexity index is 637. The Hall–Kier alpha value is -2.22. The maximum atomic E-state index is 11.8. The largest absolute Gasteiger partial charge is 0.378 e. The molecule has 0 radical (unpaired) electrons. The SMILES string of the molecule is COCc1cc(NCC(=O)NCC2CC2)n2ncnc2n1. The quantitative estimate of drug-likeness (QED) is 0.757. The minimum atomic E-state index is -0.0275. The first-order valence-electron chi connectivity index (χ1n) is 6.95. The summed E-state index contributed by atoms with van der Waals surface area (Å²) >= 11 is 0. The molecule has 21 heavy (non-hydrogen) atoms. The van der Waals surface area contributed by atoms with Gasteiger partial charge in [-0.3, -0.25) is 4.79 Å². The number of methoxy groups -OCH3 is 1. The Morgan fingerprint density at radius 1 is 1.52 bits per heavy atom. The maximum absolute atomic E-state index is 11.8. The van der Waals surface area contributed by atoms with E-state index in [1.807, 2.05) is 0 Å². The fourth-order valence-electron chi connectivity index (χ4n) is 2.02. The number of anilines is 1. The molecule has 0 bridgehead atoms. The molecule has 1 amide bonds. The van der Waals surface area contributed by atoms with Crippen LogP contribution in [0.2, 0.25) is 0 Å². The van der Waals surface area contributed by atoms with Crippen LogP contribution < -0.4 is 10.6 Å². The summed E-state index contributed by atoms with van der Waals surface area (Å²) in [6.45, 7) is 1.34. The van der Waals surface area contributed by atoms with Gasteiger partial charge in [-0.25, -0.2) is 4.98 Å². The van der Waals surface area contributed by atoms with Crippen molar-refractivity contribution in [3.63, 3.8) is 0 Å². The third-order valence-corrected chi connectivity index (χ3v) is 3.31. The standard InChI is InChI=1S/C13H18N6O2/c1-21-7-10-4-11(19-13(18-10)16-8-17-19)14-6-12(20)15-5-9-2-3-9/h4,8-9,14H,2-3,5-7H2,1H3,(H,15,20). The molecule has 1 fully saturated rings. The van der Waals surface area contributed by atoms with Crippen LogP contribution in [0.25, 0.3) is 5.78 Å². The van der Waals surface area contributed by atoms with E-state index < -0.39 is 0 Å². The number of fused-ring (bicyclic) bond motifs is 1. The molecule has 112 valence electrons. The van der Waals surface area contributed by atoms with Gasteiger partial charge < -0.3 is 15.4 Å². The normalized spacial score (nSPS) is 14.3. The van der Waals surface area contributed by atoms with E-state index in [1.165, 1.54) is 19.2 Å². The molecule has 0 aromatic carbocycles. The average molecular weight is 290 g/mol. The lowest BCUT2D eigenvalue weighted by Crippen LogP contribution is -2.31. The van der Waals surface area contributed by atoms with E-state index in [9.17, 15) is 4.79 Å². The number of amides is 1. The molecular formula is C13H18N6O2. The van der Waals surface area contributed by atoms with E-state index in [4.69, 9.17) is 4.74 Å². The molecule has 0 atom stereocenters. The summed E-state index contributed by atoms with van der Waals surface area (Å²) in [5, 5.41) is 10.1. The van der Waals surface area contributed by atoms with Crippen LogP contribution in [0.1, 0.15) is 18.5 Å². The smallest absolute Gasteiger partial charge is 0.254 e. The van der Waals surface area contributed by atoms with Crippen molar-refractivity contribution in [2.45, 2.75) is 19.4 Å². The molecule has 0 spiro atoms. The van der Waals surface area contributed by atoms with Gasteiger partial charge in [0.1, 0.15) is 12.1 Å². The van der Waals surface area contributed by atoms with E-state index in [0.29, 0.717) is 24.1 Å². The van der Waals surface area contributed by atoms with Gasteiger partial charge >= 0.3 is 0 Å². The van der Waals surface area contributed by atoms with Crippen molar-refractivity contribution >= 4 is 17.5 Å². The van der Waals surface area contributed by atoms with E-state index >= 15 is 0 Å². The van der Waals surface area contributed by atoms with Crippen LogP contribution in [0, 0.1) is 5.92 Å². The molecule has 2 aromatic heterocycles. The second-order valence-electron chi connectivity index (χ2n) is 5.14.